The maximum Gasteiger partial charge on any atom is 0.326 e. The molecular weight excluding hydrogens is 484 g/mol. The zero-order valence-electron chi connectivity index (χ0n) is 18.5. The highest BCUT2D eigenvalue weighted by atomic mass is 32.1. The Kier molecular flexibility index (Phi) is 11.5. The monoisotopic (exact) mass is 512 g/mol. The summed E-state index contributed by atoms with van der Waals surface area (Å²) in [5, 5.41) is 25.4. The summed E-state index contributed by atoms with van der Waals surface area (Å²) >= 11 is 3.87. The van der Waals surface area contributed by atoms with Gasteiger partial charge in [-0.05, 0) is 17.7 Å². The number of primary amides is 2. The molecule has 5 amide bonds. The van der Waals surface area contributed by atoms with Crippen LogP contribution in [0.3, 0.4) is 0 Å². The molecule has 0 aliphatic rings. The number of aromatic hydroxyl groups is 1. The van der Waals surface area contributed by atoms with E-state index in [9.17, 15) is 39.0 Å². The highest BCUT2D eigenvalue weighted by molar-refractivity contribution is 7.80. The Morgan fingerprint density at radius 1 is 0.800 bits per heavy atom. The number of thiol groups is 1. The first-order valence-corrected chi connectivity index (χ1v) is 10.8. The molecule has 4 unspecified atom stereocenters. The van der Waals surface area contributed by atoms with Crippen LogP contribution in [0.5, 0.6) is 5.75 Å². The van der Waals surface area contributed by atoms with Crippen molar-refractivity contribution in [3.05, 3.63) is 29.8 Å². The third-order valence-corrected chi connectivity index (χ3v) is 4.99. The Labute approximate surface area is 205 Å². The summed E-state index contributed by atoms with van der Waals surface area (Å²) in [5.74, 6) is -6.41. The van der Waals surface area contributed by atoms with E-state index in [4.69, 9.17) is 17.2 Å². The predicted octanol–water partition coefficient (Wildman–Crippen LogP) is -3.52. The Bertz CT molecular complexity index is 957. The number of amides is 5. The smallest absolute Gasteiger partial charge is 0.326 e. The van der Waals surface area contributed by atoms with E-state index in [2.05, 4.69) is 28.6 Å². The van der Waals surface area contributed by atoms with Gasteiger partial charge in [0.25, 0.3) is 0 Å². The predicted molar refractivity (Wildman–Crippen MR) is 125 cm³/mol. The second-order valence-electron chi connectivity index (χ2n) is 7.52. The summed E-state index contributed by atoms with van der Waals surface area (Å²) in [6, 6.07) is -0.178. The quantitative estimate of drug-likeness (QED) is 0.112. The molecular formula is C20H28N6O8S. The van der Waals surface area contributed by atoms with Gasteiger partial charge in [0, 0.05) is 12.2 Å². The van der Waals surface area contributed by atoms with Crippen molar-refractivity contribution >= 4 is 48.1 Å². The summed E-state index contributed by atoms with van der Waals surface area (Å²) in [4.78, 5) is 72.0. The maximum atomic E-state index is 12.7. The lowest BCUT2D eigenvalue weighted by Gasteiger charge is -2.24. The molecule has 0 fully saturated rings. The number of carbonyl (C=O) groups excluding carboxylic acids is 5. The Hall–Kier alpha value is -3.85. The van der Waals surface area contributed by atoms with Gasteiger partial charge in [-0.25, -0.2) is 4.79 Å². The van der Waals surface area contributed by atoms with Gasteiger partial charge in [0.2, 0.25) is 29.5 Å². The third kappa shape index (κ3) is 10.3. The molecule has 11 N–H and O–H groups in total. The highest BCUT2D eigenvalue weighted by Crippen LogP contribution is 2.12. The molecule has 0 aliphatic heterocycles. The molecule has 1 aromatic carbocycles. The van der Waals surface area contributed by atoms with Gasteiger partial charge in [-0.1, -0.05) is 12.1 Å². The molecule has 14 nitrogen and oxygen atoms in total. The van der Waals surface area contributed by atoms with Gasteiger partial charge >= 0.3 is 5.97 Å². The van der Waals surface area contributed by atoms with Crippen LogP contribution in [0.15, 0.2) is 24.3 Å². The molecule has 0 heterocycles. The number of aliphatic carboxylic acids is 1. The summed E-state index contributed by atoms with van der Waals surface area (Å²) < 4.78 is 0. The van der Waals surface area contributed by atoms with Crippen molar-refractivity contribution in [2.24, 2.45) is 17.2 Å². The minimum Gasteiger partial charge on any atom is -0.508 e. The third-order valence-electron chi connectivity index (χ3n) is 4.60. The molecule has 192 valence electrons. The summed E-state index contributed by atoms with van der Waals surface area (Å²) in [5.41, 5.74) is 16.3. The zero-order valence-corrected chi connectivity index (χ0v) is 19.4. The molecule has 15 heteroatoms. The fourth-order valence-corrected chi connectivity index (χ4v) is 2.96. The first-order valence-electron chi connectivity index (χ1n) is 10.2. The van der Waals surface area contributed by atoms with Crippen molar-refractivity contribution in [2.45, 2.75) is 43.4 Å². The highest BCUT2D eigenvalue weighted by Gasteiger charge is 2.32. The molecule has 0 radical (unpaired) electrons. The molecule has 0 bridgehead atoms. The Morgan fingerprint density at radius 3 is 1.63 bits per heavy atom. The first-order chi connectivity index (χ1) is 16.3. The van der Waals surface area contributed by atoms with Crippen molar-refractivity contribution in [3.8, 4) is 5.75 Å². The van der Waals surface area contributed by atoms with Crippen LogP contribution in [0.1, 0.15) is 18.4 Å². The number of carboxylic acid groups (broad SMARTS) is 1. The first kappa shape index (κ1) is 29.2. The number of phenolic OH excluding ortho intramolecular Hbond substituents is 1. The van der Waals surface area contributed by atoms with Crippen molar-refractivity contribution in [2.75, 3.05) is 5.75 Å². The number of carbonyl (C=O) groups is 6. The van der Waals surface area contributed by atoms with Crippen LogP contribution in [0.25, 0.3) is 0 Å². The zero-order chi connectivity index (χ0) is 26.7. The minimum absolute atomic E-state index is 0.0400. The van der Waals surface area contributed by atoms with Gasteiger partial charge in [0.05, 0.1) is 18.9 Å². The second-order valence-corrected chi connectivity index (χ2v) is 7.89. The van der Waals surface area contributed by atoms with E-state index < -0.39 is 72.5 Å². The van der Waals surface area contributed by atoms with Crippen LogP contribution in [0.4, 0.5) is 0 Å². The van der Waals surface area contributed by atoms with E-state index in [1.54, 1.807) is 0 Å². The fourth-order valence-electron chi connectivity index (χ4n) is 2.80. The maximum absolute atomic E-state index is 12.7. The lowest BCUT2D eigenvalue weighted by Crippen LogP contribution is -2.58. The van der Waals surface area contributed by atoms with Crippen LogP contribution in [0.2, 0.25) is 0 Å². The average Bonchev–Trinajstić information content (AvgIpc) is 2.77. The number of nitrogens with two attached hydrogens (primary N) is 3. The molecule has 35 heavy (non-hydrogen) atoms. The largest absolute Gasteiger partial charge is 0.508 e. The van der Waals surface area contributed by atoms with Crippen LogP contribution < -0.4 is 33.2 Å². The molecule has 0 saturated carbocycles. The molecule has 4 atom stereocenters. The van der Waals surface area contributed by atoms with Crippen molar-refractivity contribution in [3.63, 3.8) is 0 Å². The van der Waals surface area contributed by atoms with E-state index in [0.717, 1.165) is 0 Å². The molecule has 1 rings (SSSR count). The van der Waals surface area contributed by atoms with E-state index in [1.807, 2.05) is 0 Å². The van der Waals surface area contributed by atoms with Gasteiger partial charge < -0.3 is 43.4 Å². The second kappa shape index (κ2) is 13.8. The normalized spacial score (nSPS) is 14.0. The SMILES string of the molecule is NC(=O)CC(NC(=O)C(N)CS)C(=O)NC(CC(N)=O)C(=O)NC(Cc1ccc(O)cc1)C(=O)O. The van der Waals surface area contributed by atoms with Crippen LogP contribution >= 0.6 is 12.6 Å². The topological polar surface area (TPSA) is 257 Å². The molecule has 0 aliphatic carbocycles. The van der Waals surface area contributed by atoms with Gasteiger partial charge in [-0.15, -0.1) is 0 Å². The number of phenols is 1. The lowest BCUT2D eigenvalue weighted by atomic mass is 10.0. The van der Waals surface area contributed by atoms with Crippen LogP contribution in [-0.4, -0.2) is 75.6 Å². The number of rotatable bonds is 14. The molecule has 1 aromatic rings. The molecule has 0 saturated heterocycles. The van der Waals surface area contributed by atoms with Crippen molar-refractivity contribution in [1.82, 2.24) is 16.0 Å². The molecule has 0 spiro atoms. The van der Waals surface area contributed by atoms with Crippen LogP contribution in [-0.2, 0) is 35.2 Å². The van der Waals surface area contributed by atoms with Gasteiger partial charge in [0.1, 0.15) is 23.9 Å². The number of benzene rings is 1. The summed E-state index contributed by atoms with van der Waals surface area (Å²) in [6.45, 7) is 0. The minimum atomic E-state index is -1.63. The standard InChI is InChI=1S/C20H28N6O8S/c21-11(8-35)17(30)24-12(6-15(22)28)18(31)25-13(7-16(23)29)19(32)26-14(20(33)34)5-9-1-3-10(27)4-2-9/h1-4,11-14,27,35H,5-8,21H2,(H2,22,28)(H2,23,29)(H,24,30)(H,25,31)(H,26,32)(H,33,34). The van der Waals surface area contributed by atoms with Crippen LogP contribution in [0, 0.1) is 0 Å². The van der Waals surface area contributed by atoms with Crippen molar-refractivity contribution < 1.29 is 39.0 Å². The summed E-state index contributed by atoms with van der Waals surface area (Å²) in [6.07, 6.45) is -1.54. The number of carboxylic acids is 1. The van der Waals surface area contributed by atoms with Crippen molar-refractivity contribution in [1.29, 1.82) is 0 Å². The average molecular weight is 513 g/mol. The Balaban J connectivity index is 3.03. The van der Waals surface area contributed by atoms with Gasteiger partial charge in [0.15, 0.2) is 0 Å². The van der Waals surface area contributed by atoms with Gasteiger partial charge in [-0.2, -0.15) is 12.6 Å². The van der Waals surface area contributed by atoms with Gasteiger partial charge in [-0.3, -0.25) is 24.0 Å². The Morgan fingerprint density at radius 2 is 1.23 bits per heavy atom. The number of hydrogen-bond acceptors (Lipinski definition) is 9. The number of nitrogens with one attached hydrogen (secondary N) is 3. The van der Waals surface area contributed by atoms with E-state index in [1.165, 1.54) is 24.3 Å². The van der Waals surface area contributed by atoms with E-state index in [0.29, 0.717) is 5.56 Å². The van der Waals surface area contributed by atoms with E-state index in [-0.39, 0.29) is 17.9 Å². The van der Waals surface area contributed by atoms with E-state index >= 15 is 0 Å². The molecule has 0 aromatic heterocycles. The number of hydrogen-bond donors (Lipinski definition) is 9. The fraction of sp³-hybridized carbons (Fsp3) is 0.400. The summed E-state index contributed by atoms with van der Waals surface area (Å²) in [7, 11) is 0. The lowest BCUT2D eigenvalue weighted by molar-refractivity contribution is -0.142.